The molecule has 0 amide bonds. The van der Waals surface area contributed by atoms with Crippen molar-refractivity contribution in [1.29, 1.82) is 0 Å². The normalized spacial score (nSPS) is 20.2. The molecule has 2 heterocycles. The van der Waals surface area contributed by atoms with Crippen LogP contribution in [0.4, 0.5) is 0 Å². The minimum atomic E-state index is -3.42. The highest BCUT2D eigenvalue weighted by atomic mass is 32.2. The first-order valence-corrected chi connectivity index (χ1v) is 9.59. The van der Waals surface area contributed by atoms with Gasteiger partial charge in [0.1, 0.15) is 10.0 Å². The fourth-order valence-electron chi connectivity index (χ4n) is 2.70. The van der Waals surface area contributed by atoms with Crippen LogP contribution in [0.3, 0.4) is 0 Å². The third-order valence-electron chi connectivity index (χ3n) is 3.93. The molecule has 1 fully saturated rings. The molecule has 1 saturated heterocycles. The van der Waals surface area contributed by atoms with Crippen LogP contribution in [-0.4, -0.2) is 36.0 Å². The molecule has 0 unspecified atom stereocenters. The van der Waals surface area contributed by atoms with Crippen LogP contribution in [0.25, 0.3) is 0 Å². The Kier molecular flexibility index (Phi) is 4.29. The number of nitrogens with zero attached hydrogens (tertiary/aromatic N) is 3. The van der Waals surface area contributed by atoms with Crippen LogP contribution in [-0.2, 0) is 10.0 Å². The second-order valence-corrected chi connectivity index (χ2v) is 8.83. The number of aryl methyl sites for hydroxylation is 2. The number of rotatable bonds is 3. The highest BCUT2D eigenvalue weighted by molar-refractivity contribution is 7.89. The van der Waals surface area contributed by atoms with E-state index in [9.17, 15) is 8.42 Å². The molecular weight excluding hydrogens is 318 g/mol. The first-order valence-electron chi connectivity index (χ1n) is 7.33. The molecule has 1 aromatic carbocycles. The largest absolute Gasteiger partial charge is 0.243 e. The van der Waals surface area contributed by atoms with Crippen molar-refractivity contribution in [2.24, 2.45) is 0 Å². The smallest absolute Gasteiger partial charge is 0.207 e. The number of benzene rings is 1. The molecule has 0 aliphatic carbocycles. The van der Waals surface area contributed by atoms with Crippen molar-refractivity contribution in [3.8, 4) is 0 Å². The van der Waals surface area contributed by atoms with E-state index in [-0.39, 0.29) is 5.92 Å². The van der Waals surface area contributed by atoms with Gasteiger partial charge in [-0.05, 0) is 38.8 Å². The molecule has 0 spiro atoms. The van der Waals surface area contributed by atoms with E-state index in [0.717, 1.165) is 28.4 Å². The van der Waals surface area contributed by atoms with Crippen molar-refractivity contribution in [1.82, 2.24) is 14.5 Å². The molecule has 0 radical (unpaired) electrons. The molecular formula is C15H19N3O2S2. The molecule has 0 N–H and O–H groups in total. The molecule has 5 nitrogen and oxygen atoms in total. The summed E-state index contributed by atoms with van der Waals surface area (Å²) >= 11 is 1.56. The van der Waals surface area contributed by atoms with Crippen LogP contribution in [0, 0.1) is 13.8 Å². The second kappa shape index (κ2) is 6.06. The van der Waals surface area contributed by atoms with Crippen molar-refractivity contribution < 1.29 is 8.42 Å². The predicted molar refractivity (Wildman–Crippen MR) is 86.6 cm³/mol. The Hall–Kier alpha value is -1.31. The lowest BCUT2D eigenvalue weighted by molar-refractivity contribution is 0.314. The zero-order valence-electron chi connectivity index (χ0n) is 12.7. The Balaban J connectivity index is 1.83. The number of hydrogen-bond acceptors (Lipinski definition) is 5. The third-order valence-corrected chi connectivity index (χ3v) is 6.81. The maximum atomic E-state index is 12.8. The van der Waals surface area contributed by atoms with Crippen LogP contribution in [0.1, 0.15) is 34.3 Å². The molecule has 118 valence electrons. The van der Waals surface area contributed by atoms with Gasteiger partial charge >= 0.3 is 0 Å². The van der Waals surface area contributed by atoms with Gasteiger partial charge in [0.25, 0.3) is 0 Å². The van der Waals surface area contributed by atoms with Gasteiger partial charge in [0.2, 0.25) is 10.0 Å². The fourth-order valence-corrected chi connectivity index (χ4v) is 5.05. The summed E-state index contributed by atoms with van der Waals surface area (Å²) in [5.41, 5.74) is 1.06. The molecule has 1 aliphatic heterocycles. The van der Waals surface area contributed by atoms with Crippen molar-refractivity contribution in [2.75, 3.05) is 13.1 Å². The lowest BCUT2D eigenvalue weighted by Gasteiger charge is -2.30. The summed E-state index contributed by atoms with van der Waals surface area (Å²) in [4.78, 5) is 0.368. The van der Waals surface area contributed by atoms with Gasteiger partial charge in [-0.3, -0.25) is 0 Å². The third kappa shape index (κ3) is 3.06. The van der Waals surface area contributed by atoms with Crippen LogP contribution in [0.5, 0.6) is 0 Å². The topological polar surface area (TPSA) is 63.2 Å². The molecule has 3 rings (SSSR count). The SMILES string of the molecule is Cc1ccc(S(=O)(=O)N2CCC[C@H](c3nnc(C)s3)C2)cc1. The van der Waals surface area contributed by atoms with E-state index in [1.165, 1.54) is 0 Å². The van der Waals surface area contributed by atoms with Crippen molar-refractivity contribution in [3.05, 3.63) is 39.8 Å². The molecule has 0 bridgehead atoms. The van der Waals surface area contributed by atoms with Gasteiger partial charge in [0, 0.05) is 19.0 Å². The molecule has 2 aromatic rings. The summed E-state index contributed by atoms with van der Waals surface area (Å²) in [5.74, 6) is 0.153. The van der Waals surface area contributed by atoms with Crippen molar-refractivity contribution in [3.63, 3.8) is 0 Å². The minimum Gasteiger partial charge on any atom is -0.207 e. The van der Waals surface area contributed by atoms with Gasteiger partial charge < -0.3 is 0 Å². The standard InChI is InChI=1S/C15H19N3O2S2/c1-11-5-7-14(8-6-11)22(19,20)18-9-3-4-13(10-18)15-17-16-12(2)21-15/h5-8,13H,3-4,9-10H2,1-2H3/t13-/m0/s1. The zero-order chi connectivity index (χ0) is 15.7. The second-order valence-electron chi connectivity index (χ2n) is 5.67. The van der Waals surface area contributed by atoms with E-state index in [2.05, 4.69) is 10.2 Å². The lowest BCUT2D eigenvalue weighted by atomic mass is 10.0. The predicted octanol–water partition coefficient (Wildman–Crippen LogP) is 2.72. The Labute approximate surface area is 135 Å². The van der Waals surface area contributed by atoms with Gasteiger partial charge in [-0.15, -0.1) is 21.5 Å². The number of aromatic nitrogens is 2. The van der Waals surface area contributed by atoms with E-state index in [1.54, 1.807) is 27.8 Å². The van der Waals surface area contributed by atoms with E-state index in [0.29, 0.717) is 18.0 Å². The van der Waals surface area contributed by atoms with Gasteiger partial charge in [-0.1, -0.05) is 17.7 Å². The lowest BCUT2D eigenvalue weighted by Crippen LogP contribution is -2.39. The Morgan fingerprint density at radius 1 is 1.18 bits per heavy atom. The van der Waals surface area contributed by atoms with Crippen LogP contribution >= 0.6 is 11.3 Å². The fraction of sp³-hybridized carbons (Fsp3) is 0.467. The number of sulfonamides is 1. The molecule has 22 heavy (non-hydrogen) atoms. The monoisotopic (exact) mass is 337 g/mol. The van der Waals surface area contributed by atoms with Gasteiger partial charge in [0.15, 0.2) is 0 Å². The number of hydrogen-bond donors (Lipinski definition) is 0. The van der Waals surface area contributed by atoms with Crippen molar-refractivity contribution >= 4 is 21.4 Å². The maximum absolute atomic E-state index is 12.8. The van der Waals surface area contributed by atoms with Gasteiger partial charge in [0.05, 0.1) is 4.90 Å². The van der Waals surface area contributed by atoms with E-state index in [1.807, 2.05) is 26.0 Å². The van der Waals surface area contributed by atoms with Crippen LogP contribution in [0.2, 0.25) is 0 Å². The molecule has 1 aliphatic rings. The highest BCUT2D eigenvalue weighted by Crippen LogP contribution is 2.31. The van der Waals surface area contributed by atoms with Crippen LogP contribution < -0.4 is 0 Å². The zero-order valence-corrected chi connectivity index (χ0v) is 14.3. The minimum absolute atomic E-state index is 0.153. The first kappa shape index (κ1) is 15.6. The average molecular weight is 337 g/mol. The van der Waals surface area contributed by atoms with E-state index < -0.39 is 10.0 Å². The quantitative estimate of drug-likeness (QED) is 0.864. The van der Waals surface area contributed by atoms with Crippen LogP contribution in [0.15, 0.2) is 29.2 Å². The maximum Gasteiger partial charge on any atom is 0.243 e. The van der Waals surface area contributed by atoms with Crippen molar-refractivity contribution in [2.45, 2.75) is 37.5 Å². The summed E-state index contributed by atoms with van der Waals surface area (Å²) in [6.45, 7) is 4.94. The van der Waals surface area contributed by atoms with Gasteiger partial charge in [-0.25, -0.2) is 8.42 Å². The molecule has 7 heteroatoms. The number of piperidine rings is 1. The highest BCUT2D eigenvalue weighted by Gasteiger charge is 2.32. The summed E-state index contributed by atoms with van der Waals surface area (Å²) in [7, 11) is -3.42. The first-order chi connectivity index (χ1) is 10.5. The Morgan fingerprint density at radius 2 is 1.91 bits per heavy atom. The summed E-state index contributed by atoms with van der Waals surface area (Å²) in [6.07, 6.45) is 1.82. The van der Waals surface area contributed by atoms with E-state index in [4.69, 9.17) is 0 Å². The average Bonchev–Trinajstić information content (AvgIpc) is 2.94. The Bertz CT molecular complexity index is 753. The molecule has 0 saturated carbocycles. The molecule has 1 atom stereocenters. The van der Waals surface area contributed by atoms with Gasteiger partial charge in [-0.2, -0.15) is 4.31 Å². The Morgan fingerprint density at radius 3 is 2.55 bits per heavy atom. The van der Waals surface area contributed by atoms with E-state index >= 15 is 0 Å². The summed E-state index contributed by atoms with van der Waals surface area (Å²) < 4.78 is 27.1. The molecule has 1 aromatic heterocycles. The summed E-state index contributed by atoms with van der Waals surface area (Å²) in [5, 5.41) is 10.1. The summed E-state index contributed by atoms with van der Waals surface area (Å²) in [6, 6.07) is 7.04.